The maximum atomic E-state index is 12.4. The maximum absolute atomic E-state index is 12.4. The predicted molar refractivity (Wildman–Crippen MR) is 144 cm³/mol. The van der Waals surface area contributed by atoms with E-state index in [-0.39, 0.29) is 17.7 Å². The van der Waals surface area contributed by atoms with E-state index >= 15 is 0 Å². The summed E-state index contributed by atoms with van der Waals surface area (Å²) in [4.78, 5) is 16.6. The minimum Gasteiger partial charge on any atom is -0.493 e. The minimum atomic E-state index is -4.72. The zero-order valence-electron chi connectivity index (χ0n) is 22.4. The molecule has 0 saturated carbocycles. The summed E-state index contributed by atoms with van der Waals surface area (Å²) >= 11 is 0. The van der Waals surface area contributed by atoms with Gasteiger partial charge in [0, 0.05) is 49.2 Å². The molecule has 0 atom stereocenters. The smallest absolute Gasteiger partial charge is 0.493 e. The number of amides is 1. The van der Waals surface area contributed by atoms with Gasteiger partial charge >= 0.3 is 6.36 Å². The van der Waals surface area contributed by atoms with E-state index in [1.807, 2.05) is 32.0 Å². The minimum absolute atomic E-state index is 0.0956. The van der Waals surface area contributed by atoms with Crippen LogP contribution in [-0.2, 0) is 4.79 Å². The van der Waals surface area contributed by atoms with E-state index in [2.05, 4.69) is 19.9 Å². The Morgan fingerprint density at radius 3 is 2.36 bits per heavy atom. The Hall–Kier alpha value is -3.24. The van der Waals surface area contributed by atoms with Crippen LogP contribution in [0.15, 0.2) is 53.1 Å². The highest BCUT2D eigenvalue weighted by molar-refractivity contribution is 5.94. The van der Waals surface area contributed by atoms with Crippen molar-refractivity contribution < 1.29 is 31.9 Å². The Balaban J connectivity index is 1.15. The van der Waals surface area contributed by atoms with E-state index in [9.17, 15) is 18.0 Å². The van der Waals surface area contributed by atoms with Crippen LogP contribution in [0.4, 0.5) is 13.2 Å². The predicted octanol–water partition coefficient (Wildman–Crippen LogP) is 5.69. The molecule has 10 heteroatoms. The second-order valence-corrected chi connectivity index (χ2v) is 10.1. The first-order chi connectivity index (χ1) is 18.7. The molecule has 1 fully saturated rings. The van der Waals surface area contributed by atoms with Gasteiger partial charge < -0.3 is 24.1 Å². The SMILES string of the molecule is CC(C)NC(=O)CN1CCN(CCCCCOc2ccc3c(-c4ccc(OC(F)(F)F)cc4)coc3c2)CC1. The molecule has 1 aliphatic heterocycles. The van der Waals surface area contributed by atoms with Crippen molar-refractivity contribution in [3.8, 4) is 22.6 Å². The lowest BCUT2D eigenvalue weighted by molar-refractivity contribution is -0.274. The van der Waals surface area contributed by atoms with Crippen LogP contribution in [-0.4, -0.2) is 74.0 Å². The molecule has 2 aromatic carbocycles. The van der Waals surface area contributed by atoms with Crippen molar-refractivity contribution in [1.29, 1.82) is 0 Å². The van der Waals surface area contributed by atoms with Gasteiger partial charge in [0.15, 0.2) is 0 Å². The fraction of sp³-hybridized carbons (Fsp3) is 0.483. The molecule has 0 unspecified atom stereocenters. The summed E-state index contributed by atoms with van der Waals surface area (Å²) < 4.78 is 52.7. The number of alkyl halides is 3. The number of fused-ring (bicyclic) bond motifs is 1. The number of ether oxygens (including phenoxy) is 2. The molecule has 3 aromatic rings. The largest absolute Gasteiger partial charge is 0.573 e. The van der Waals surface area contributed by atoms with Crippen LogP contribution >= 0.6 is 0 Å². The fourth-order valence-corrected chi connectivity index (χ4v) is 4.70. The van der Waals surface area contributed by atoms with Crippen LogP contribution < -0.4 is 14.8 Å². The number of nitrogens with zero attached hydrogens (tertiary/aromatic N) is 2. The number of furan rings is 1. The second kappa shape index (κ2) is 13.2. The third-order valence-corrected chi connectivity index (χ3v) is 6.62. The monoisotopic (exact) mass is 547 g/mol. The zero-order valence-corrected chi connectivity index (χ0v) is 22.4. The van der Waals surface area contributed by atoms with Crippen molar-refractivity contribution in [2.75, 3.05) is 45.9 Å². The maximum Gasteiger partial charge on any atom is 0.573 e. The van der Waals surface area contributed by atoms with Gasteiger partial charge in [-0.3, -0.25) is 9.69 Å². The summed E-state index contributed by atoms with van der Waals surface area (Å²) in [5, 5.41) is 3.80. The van der Waals surface area contributed by atoms with E-state index in [4.69, 9.17) is 9.15 Å². The van der Waals surface area contributed by atoms with Gasteiger partial charge in [0.25, 0.3) is 0 Å². The van der Waals surface area contributed by atoms with Crippen molar-refractivity contribution in [3.63, 3.8) is 0 Å². The Labute approximate surface area is 226 Å². The number of unbranched alkanes of at least 4 members (excludes halogenated alkanes) is 2. The van der Waals surface area contributed by atoms with Gasteiger partial charge in [0.05, 0.1) is 19.4 Å². The van der Waals surface area contributed by atoms with Gasteiger partial charge in [-0.15, -0.1) is 13.2 Å². The number of hydrogen-bond donors (Lipinski definition) is 1. The van der Waals surface area contributed by atoms with Crippen molar-refractivity contribution in [2.24, 2.45) is 0 Å². The van der Waals surface area contributed by atoms with Crippen LogP contribution in [0.5, 0.6) is 11.5 Å². The Kier molecular flexibility index (Phi) is 9.74. The third kappa shape index (κ3) is 8.90. The van der Waals surface area contributed by atoms with Gasteiger partial charge in [-0.2, -0.15) is 0 Å². The standard InChI is InChI=1S/C29H36F3N3O4/c1-21(2)33-28(36)19-35-15-13-34(14-16-35)12-4-3-5-17-37-24-10-11-25-26(20-38-27(25)18-24)22-6-8-23(9-7-22)39-29(30,31)32/h6-11,18,20-21H,3-5,12-17,19H2,1-2H3,(H,33,36). The van der Waals surface area contributed by atoms with Crippen LogP contribution in [0.1, 0.15) is 33.1 Å². The molecule has 39 heavy (non-hydrogen) atoms. The van der Waals surface area contributed by atoms with Gasteiger partial charge in [-0.05, 0) is 69.5 Å². The molecule has 1 N–H and O–H groups in total. The normalized spacial score (nSPS) is 15.1. The molecule has 0 radical (unpaired) electrons. The molecule has 0 spiro atoms. The first kappa shape index (κ1) is 28.8. The number of hydrogen-bond acceptors (Lipinski definition) is 6. The summed E-state index contributed by atoms with van der Waals surface area (Å²) in [6.45, 7) is 9.90. The van der Waals surface area contributed by atoms with Gasteiger partial charge in [-0.25, -0.2) is 0 Å². The molecular formula is C29H36F3N3O4. The summed E-state index contributed by atoms with van der Waals surface area (Å²) in [5.41, 5.74) is 2.17. The molecule has 212 valence electrons. The fourth-order valence-electron chi connectivity index (χ4n) is 4.70. The molecule has 7 nitrogen and oxygen atoms in total. The van der Waals surface area contributed by atoms with E-state index in [0.29, 0.717) is 18.7 Å². The van der Waals surface area contributed by atoms with Crippen LogP contribution in [0.3, 0.4) is 0 Å². The molecular weight excluding hydrogens is 511 g/mol. The molecule has 2 heterocycles. The second-order valence-electron chi connectivity index (χ2n) is 10.1. The van der Waals surface area contributed by atoms with E-state index in [1.165, 1.54) is 12.1 Å². The van der Waals surface area contributed by atoms with E-state index < -0.39 is 6.36 Å². The molecule has 1 aliphatic rings. The number of carbonyl (C=O) groups excluding carboxylic acids is 1. The van der Waals surface area contributed by atoms with E-state index in [1.54, 1.807) is 18.4 Å². The third-order valence-electron chi connectivity index (χ3n) is 6.62. The molecule has 0 bridgehead atoms. The summed E-state index contributed by atoms with van der Waals surface area (Å²) in [6, 6.07) is 11.5. The summed E-state index contributed by atoms with van der Waals surface area (Å²) in [6.07, 6.45) is -0.00923. The van der Waals surface area contributed by atoms with E-state index in [0.717, 1.165) is 74.2 Å². The van der Waals surface area contributed by atoms with Gasteiger partial charge in [0.1, 0.15) is 17.1 Å². The lowest BCUT2D eigenvalue weighted by Gasteiger charge is -2.34. The van der Waals surface area contributed by atoms with Crippen LogP contribution in [0.2, 0.25) is 0 Å². The average molecular weight is 548 g/mol. The van der Waals surface area contributed by atoms with Crippen molar-refractivity contribution >= 4 is 16.9 Å². The van der Waals surface area contributed by atoms with Crippen molar-refractivity contribution in [3.05, 3.63) is 48.7 Å². The topological polar surface area (TPSA) is 67.2 Å². The molecule has 0 aliphatic carbocycles. The summed E-state index contributed by atoms with van der Waals surface area (Å²) in [5.74, 6) is 0.550. The first-order valence-corrected chi connectivity index (χ1v) is 13.4. The Bertz CT molecular complexity index is 1200. The van der Waals surface area contributed by atoms with Crippen molar-refractivity contribution in [1.82, 2.24) is 15.1 Å². The van der Waals surface area contributed by atoms with Crippen LogP contribution in [0, 0.1) is 0 Å². The molecule has 1 amide bonds. The number of halogens is 3. The summed E-state index contributed by atoms with van der Waals surface area (Å²) in [7, 11) is 0. The number of benzene rings is 2. The average Bonchev–Trinajstić information content (AvgIpc) is 3.29. The highest BCUT2D eigenvalue weighted by Crippen LogP contribution is 2.34. The van der Waals surface area contributed by atoms with Crippen LogP contribution in [0.25, 0.3) is 22.1 Å². The molecule has 4 rings (SSSR count). The first-order valence-electron chi connectivity index (χ1n) is 13.4. The number of nitrogens with one attached hydrogen (secondary N) is 1. The quantitative estimate of drug-likeness (QED) is 0.294. The highest BCUT2D eigenvalue weighted by Gasteiger charge is 2.31. The lowest BCUT2D eigenvalue weighted by Crippen LogP contribution is -2.50. The zero-order chi connectivity index (χ0) is 27.8. The molecule has 1 aromatic heterocycles. The lowest BCUT2D eigenvalue weighted by atomic mass is 10.0. The Morgan fingerprint density at radius 2 is 1.67 bits per heavy atom. The number of carbonyl (C=O) groups is 1. The molecule has 1 saturated heterocycles. The Morgan fingerprint density at radius 1 is 0.974 bits per heavy atom. The number of rotatable bonds is 12. The van der Waals surface area contributed by atoms with Gasteiger partial charge in [-0.1, -0.05) is 12.1 Å². The highest BCUT2D eigenvalue weighted by atomic mass is 19.4. The number of piperazine rings is 1. The van der Waals surface area contributed by atoms with Crippen molar-refractivity contribution in [2.45, 2.75) is 45.5 Å². The van der Waals surface area contributed by atoms with Gasteiger partial charge in [0.2, 0.25) is 5.91 Å².